The van der Waals surface area contributed by atoms with Crippen molar-refractivity contribution in [3.05, 3.63) is 61.2 Å². The van der Waals surface area contributed by atoms with E-state index in [1.54, 1.807) is 0 Å². The molecule has 1 unspecified atom stereocenters. The van der Waals surface area contributed by atoms with Crippen LogP contribution in [0.25, 0.3) is 0 Å². The molecule has 0 saturated heterocycles. The average Bonchev–Trinajstić information content (AvgIpc) is 2.49. The lowest BCUT2D eigenvalue weighted by Gasteiger charge is -2.40. The zero-order valence-electron chi connectivity index (χ0n) is 13.9. The van der Waals surface area contributed by atoms with Crippen LogP contribution in [-0.4, -0.2) is 30.6 Å². The summed E-state index contributed by atoms with van der Waals surface area (Å²) in [6.07, 6.45) is 3.70. The number of hydrogen-bond acceptors (Lipinski definition) is 3. The summed E-state index contributed by atoms with van der Waals surface area (Å²) in [5, 5.41) is 0. The lowest BCUT2D eigenvalue weighted by molar-refractivity contribution is -0.157. The van der Waals surface area contributed by atoms with Gasteiger partial charge >= 0.3 is 5.97 Å². The van der Waals surface area contributed by atoms with E-state index in [-0.39, 0.29) is 12.0 Å². The van der Waals surface area contributed by atoms with Crippen LogP contribution in [0.3, 0.4) is 0 Å². The molecular weight excluding hydrogens is 274 g/mol. The van der Waals surface area contributed by atoms with Crippen molar-refractivity contribution in [2.75, 3.05) is 19.7 Å². The van der Waals surface area contributed by atoms with Crippen LogP contribution in [0.2, 0.25) is 0 Å². The second kappa shape index (κ2) is 8.54. The molecule has 0 aliphatic rings. The van der Waals surface area contributed by atoms with E-state index in [0.29, 0.717) is 19.7 Å². The highest BCUT2D eigenvalue weighted by molar-refractivity contribution is 5.77. The quantitative estimate of drug-likeness (QED) is 0.510. The van der Waals surface area contributed by atoms with E-state index < -0.39 is 5.41 Å². The molecule has 0 fully saturated rings. The fourth-order valence-corrected chi connectivity index (χ4v) is 2.76. The molecule has 0 N–H and O–H groups in total. The van der Waals surface area contributed by atoms with E-state index in [4.69, 9.17) is 4.74 Å². The molecule has 0 radical (unpaired) electrons. The fourth-order valence-electron chi connectivity index (χ4n) is 2.76. The smallest absolute Gasteiger partial charge is 0.313 e. The Labute approximate surface area is 134 Å². The Morgan fingerprint density at radius 2 is 1.77 bits per heavy atom. The molecule has 0 saturated carbocycles. The van der Waals surface area contributed by atoms with Crippen LogP contribution in [-0.2, 0) is 9.53 Å². The van der Waals surface area contributed by atoms with Crippen molar-refractivity contribution in [3.63, 3.8) is 0 Å². The highest BCUT2D eigenvalue weighted by Gasteiger charge is 2.41. The molecule has 1 rings (SSSR count). The summed E-state index contributed by atoms with van der Waals surface area (Å²) in [6, 6.07) is 9.94. The largest absolute Gasteiger partial charge is 0.466 e. The van der Waals surface area contributed by atoms with E-state index in [2.05, 4.69) is 18.1 Å². The summed E-state index contributed by atoms with van der Waals surface area (Å²) >= 11 is 0. The Bertz CT molecular complexity index is 483. The van der Waals surface area contributed by atoms with Gasteiger partial charge in [-0.05, 0) is 26.3 Å². The fraction of sp³-hybridized carbons (Fsp3) is 0.421. The summed E-state index contributed by atoms with van der Waals surface area (Å²) in [6.45, 7) is 15.1. The Balaban J connectivity index is 3.28. The summed E-state index contributed by atoms with van der Waals surface area (Å²) in [5.74, 6) is -0.193. The van der Waals surface area contributed by atoms with Crippen LogP contribution in [0.15, 0.2) is 55.6 Å². The van der Waals surface area contributed by atoms with Crippen LogP contribution in [0.1, 0.15) is 32.4 Å². The number of carbonyl (C=O) groups excluding carboxylic acids is 1. The van der Waals surface area contributed by atoms with Gasteiger partial charge in [0.1, 0.15) is 0 Å². The number of benzene rings is 1. The predicted molar refractivity (Wildman–Crippen MR) is 91.6 cm³/mol. The third-order valence-electron chi connectivity index (χ3n) is 3.69. The number of rotatable bonds is 9. The third kappa shape index (κ3) is 4.31. The number of esters is 1. The first-order valence-corrected chi connectivity index (χ1v) is 7.67. The Morgan fingerprint density at radius 3 is 2.23 bits per heavy atom. The molecule has 0 aliphatic carbocycles. The van der Waals surface area contributed by atoms with Crippen LogP contribution in [0.5, 0.6) is 0 Å². The standard InChI is InChI=1S/C19H27NO2/c1-6-14-20(15-7-2)17(16-12-10-9-11-13-16)19(4,5)18(21)22-8-3/h6-7,9-13,17H,1-2,8,14-15H2,3-5H3. The minimum Gasteiger partial charge on any atom is -0.466 e. The molecule has 0 aliphatic heterocycles. The van der Waals surface area contributed by atoms with Gasteiger partial charge in [0.2, 0.25) is 0 Å². The van der Waals surface area contributed by atoms with Crippen LogP contribution in [0.4, 0.5) is 0 Å². The molecule has 0 spiro atoms. The highest BCUT2D eigenvalue weighted by atomic mass is 16.5. The Morgan fingerprint density at radius 1 is 1.23 bits per heavy atom. The predicted octanol–water partition coefficient (Wildman–Crippen LogP) is 3.99. The number of nitrogens with zero attached hydrogens (tertiary/aromatic N) is 1. The maximum absolute atomic E-state index is 12.5. The molecular formula is C19H27NO2. The average molecular weight is 301 g/mol. The van der Waals surface area contributed by atoms with E-state index in [9.17, 15) is 4.79 Å². The first kappa shape index (κ1) is 18.2. The lowest BCUT2D eigenvalue weighted by atomic mass is 9.79. The topological polar surface area (TPSA) is 29.5 Å². The van der Waals surface area contributed by atoms with Crippen LogP contribution < -0.4 is 0 Å². The lowest BCUT2D eigenvalue weighted by Crippen LogP contribution is -2.43. The summed E-state index contributed by atoms with van der Waals surface area (Å²) in [5.41, 5.74) is 0.410. The molecule has 1 aromatic carbocycles. The second-order valence-electron chi connectivity index (χ2n) is 5.79. The molecule has 0 amide bonds. The highest BCUT2D eigenvalue weighted by Crippen LogP contribution is 2.39. The molecule has 0 aromatic heterocycles. The number of carbonyl (C=O) groups is 1. The summed E-state index contributed by atoms with van der Waals surface area (Å²) < 4.78 is 5.30. The van der Waals surface area contributed by atoms with Gasteiger partial charge in [0.15, 0.2) is 0 Å². The van der Waals surface area contributed by atoms with Gasteiger partial charge in [0.25, 0.3) is 0 Å². The Kier molecular flexibility index (Phi) is 7.06. The molecule has 1 atom stereocenters. The van der Waals surface area contributed by atoms with E-state index in [1.807, 2.05) is 63.3 Å². The van der Waals surface area contributed by atoms with Gasteiger partial charge in [-0.15, -0.1) is 13.2 Å². The molecule has 120 valence electrons. The monoisotopic (exact) mass is 301 g/mol. The first-order valence-electron chi connectivity index (χ1n) is 7.67. The molecule has 22 heavy (non-hydrogen) atoms. The van der Waals surface area contributed by atoms with Crippen LogP contribution >= 0.6 is 0 Å². The minimum absolute atomic E-state index is 0.108. The first-order chi connectivity index (χ1) is 10.5. The Hall–Kier alpha value is -1.87. The maximum atomic E-state index is 12.5. The zero-order chi connectivity index (χ0) is 16.6. The van der Waals surface area contributed by atoms with Crippen molar-refractivity contribution in [1.82, 2.24) is 4.90 Å². The molecule has 3 heteroatoms. The summed E-state index contributed by atoms with van der Waals surface area (Å²) in [7, 11) is 0. The van der Waals surface area contributed by atoms with Gasteiger partial charge in [0.05, 0.1) is 18.1 Å². The van der Waals surface area contributed by atoms with Crippen molar-refractivity contribution < 1.29 is 9.53 Å². The van der Waals surface area contributed by atoms with Crippen molar-refractivity contribution >= 4 is 5.97 Å². The van der Waals surface area contributed by atoms with Crippen molar-refractivity contribution in [2.24, 2.45) is 5.41 Å². The number of hydrogen-bond donors (Lipinski definition) is 0. The van der Waals surface area contributed by atoms with Gasteiger partial charge in [-0.3, -0.25) is 9.69 Å². The van der Waals surface area contributed by atoms with Gasteiger partial charge in [-0.2, -0.15) is 0 Å². The molecule has 0 heterocycles. The second-order valence-corrected chi connectivity index (χ2v) is 5.79. The van der Waals surface area contributed by atoms with E-state index in [0.717, 1.165) is 5.56 Å². The van der Waals surface area contributed by atoms with E-state index >= 15 is 0 Å². The van der Waals surface area contributed by atoms with Gasteiger partial charge in [-0.25, -0.2) is 0 Å². The third-order valence-corrected chi connectivity index (χ3v) is 3.69. The zero-order valence-corrected chi connectivity index (χ0v) is 13.9. The van der Waals surface area contributed by atoms with Gasteiger partial charge < -0.3 is 4.74 Å². The summed E-state index contributed by atoms with van der Waals surface area (Å²) in [4.78, 5) is 14.7. The van der Waals surface area contributed by atoms with Crippen molar-refractivity contribution in [1.29, 1.82) is 0 Å². The van der Waals surface area contributed by atoms with Gasteiger partial charge in [0, 0.05) is 13.1 Å². The van der Waals surface area contributed by atoms with Crippen molar-refractivity contribution in [2.45, 2.75) is 26.8 Å². The maximum Gasteiger partial charge on any atom is 0.313 e. The van der Waals surface area contributed by atoms with Crippen LogP contribution in [0, 0.1) is 5.41 Å². The van der Waals surface area contributed by atoms with E-state index in [1.165, 1.54) is 0 Å². The molecule has 0 bridgehead atoms. The van der Waals surface area contributed by atoms with Gasteiger partial charge in [-0.1, -0.05) is 42.5 Å². The molecule has 1 aromatic rings. The number of ether oxygens (including phenoxy) is 1. The minimum atomic E-state index is -0.677. The SMILES string of the molecule is C=CCN(CC=C)C(c1ccccc1)C(C)(C)C(=O)OCC. The normalized spacial score (nSPS) is 12.7. The van der Waals surface area contributed by atoms with Crippen molar-refractivity contribution in [3.8, 4) is 0 Å². The molecule has 3 nitrogen and oxygen atoms in total.